The van der Waals surface area contributed by atoms with Gasteiger partial charge in [0.15, 0.2) is 5.66 Å². The molecule has 2 atom stereocenters. The smallest absolute Gasteiger partial charge is 0.223 e. The molecule has 2 aliphatic rings. The molecule has 0 saturated carbocycles. The molecule has 0 aliphatic carbocycles. The lowest BCUT2D eigenvalue weighted by molar-refractivity contribution is -0.127. The van der Waals surface area contributed by atoms with Crippen molar-refractivity contribution in [1.82, 2.24) is 20.0 Å². The van der Waals surface area contributed by atoms with Crippen LogP contribution in [0.25, 0.3) is 0 Å². The summed E-state index contributed by atoms with van der Waals surface area (Å²) < 4.78 is 1.88. The van der Waals surface area contributed by atoms with Gasteiger partial charge in [-0.05, 0) is 5.56 Å². The minimum Gasteiger partial charge on any atom is -0.356 e. The molecule has 0 spiro atoms. The number of amides is 2. The molecular formula is C24H28N6O2. The second-order valence-corrected chi connectivity index (χ2v) is 8.56. The molecule has 32 heavy (non-hydrogen) atoms. The molecule has 4 rings (SSSR count). The van der Waals surface area contributed by atoms with E-state index in [9.17, 15) is 9.59 Å². The van der Waals surface area contributed by atoms with Crippen molar-refractivity contribution in [2.24, 2.45) is 16.1 Å². The summed E-state index contributed by atoms with van der Waals surface area (Å²) in [7, 11) is 1.81. The van der Waals surface area contributed by atoms with E-state index >= 15 is 0 Å². The molecule has 8 nitrogen and oxygen atoms in total. The zero-order chi connectivity index (χ0) is 22.6. The summed E-state index contributed by atoms with van der Waals surface area (Å²) >= 11 is 0. The zero-order valence-electron chi connectivity index (χ0n) is 18.3. The Labute approximate surface area is 188 Å². The van der Waals surface area contributed by atoms with Crippen LogP contribution in [0.3, 0.4) is 0 Å². The van der Waals surface area contributed by atoms with Gasteiger partial charge in [-0.1, -0.05) is 30.3 Å². The van der Waals surface area contributed by atoms with Crippen LogP contribution in [0, 0.1) is 18.3 Å². The third-order valence-electron chi connectivity index (χ3n) is 6.24. The van der Waals surface area contributed by atoms with E-state index in [4.69, 9.17) is 6.42 Å². The lowest BCUT2D eigenvalue weighted by atomic mass is 9.95. The summed E-state index contributed by atoms with van der Waals surface area (Å²) in [6.07, 6.45) is 11.7. The fourth-order valence-electron chi connectivity index (χ4n) is 4.34. The Morgan fingerprint density at radius 1 is 1.28 bits per heavy atom. The summed E-state index contributed by atoms with van der Waals surface area (Å²) in [5, 5.41) is 15.6. The Kier molecular flexibility index (Phi) is 6.35. The van der Waals surface area contributed by atoms with Gasteiger partial charge in [0.2, 0.25) is 11.8 Å². The fourth-order valence-corrected chi connectivity index (χ4v) is 4.34. The third-order valence-corrected chi connectivity index (χ3v) is 6.24. The first-order chi connectivity index (χ1) is 15.5. The number of aromatic nitrogens is 2. The number of carbonyl (C=O) groups excluding carboxylic acids is 2. The highest BCUT2D eigenvalue weighted by Crippen LogP contribution is 2.38. The van der Waals surface area contributed by atoms with E-state index in [1.54, 1.807) is 4.90 Å². The molecule has 1 fully saturated rings. The summed E-state index contributed by atoms with van der Waals surface area (Å²) in [5.74, 6) is 2.62. The minimum atomic E-state index is -0.455. The van der Waals surface area contributed by atoms with E-state index in [1.807, 2.05) is 42.3 Å². The Bertz CT molecular complexity index is 1030. The Hall–Kier alpha value is -3.47. The molecular weight excluding hydrogens is 404 g/mol. The van der Waals surface area contributed by atoms with Crippen LogP contribution < -0.4 is 5.32 Å². The van der Waals surface area contributed by atoms with Crippen molar-refractivity contribution in [3.8, 4) is 12.3 Å². The van der Waals surface area contributed by atoms with E-state index in [2.05, 4.69) is 38.7 Å². The maximum absolute atomic E-state index is 12.4. The molecule has 2 amide bonds. The second kappa shape index (κ2) is 9.35. The van der Waals surface area contributed by atoms with Crippen molar-refractivity contribution in [2.75, 3.05) is 13.6 Å². The molecule has 2 aromatic rings. The lowest BCUT2D eigenvalue weighted by Gasteiger charge is -2.24. The number of hydrogen-bond donors (Lipinski definition) is 1. The largest absolute Gasteiger partial charge is 0.356 e. The predicted molar refractivity (Wildman–Crippen MR) is 119 cm³/mol. The molecule has 1 N–H and O–H groups in total. The first-order valence-corrected chi connectivity index (χ1v) is 11.0. The molecule has 3 heterocycles. The second-order valence-electron chi connectivity index (χ2n) is 8.56. The number of nitrogens with zero attached hydrogens (tertiary/aromatic N) is 5. The monoisotopic (exact) mass is 432 g/mol. The first-order valence-electron chi connectivity index (χ1n) is 11.0. The van der Waals surface area contributed by atoms with Crippen LogP contribution in [-0.4, -0.2) is 45.8 Å². The molecule has 166 valence electrons. The van der Waals surface area contributed by atoms with Crippen LogP contribution in [-0.2, 0) is 16.1 Å². The standard InChI is InChI=1S/C24H28N6O2/c1-3-4-11-24(27-28-24)12-10-21(31)25-14-19-13-22(32)29(2)23(19)20-15-26-30(17-20)16-18-8-6-5-7-9-18/h1,5-9,15,17,19,23H,4,10-14,16H2,2H3,(H,25,31)/t19-,23+/m1/s1. The molecule has 1 aromatic carbocycles. The molecule has 2 aliphatic heterocycles. The van der Waals surface area contributed by atoms with Crippen LogP contribution in [0.2, 0.25) is 0 Å². The number of carbonyl (C=O) groups is 2. The Balaban J connectivity index is 1.33. The van der Waals surface area contributed by atoms with Crippen LogP contribution in [0.4, 0.5) is 0 Å². The predicted octanol–water partition coefficient (Wildman–Crippen LogP) is 2.92. The van der Waals surface area contributed by atoms with Crippen molar-refractivity contribution in [2.45, 2.75) is 50.4 Å². The highest BCUT2D eigenvalue weighted by Gasteiger charge is 2.41. The summed E-state index contributed by atoms with van der Waals surface area (Å²) in [6, 6.07) is 10.0. The molecule has 1 saturated heterocycles. The highest BCUT2D eigenvalue weighted by atomic mass is 16.2. The van der Waals surface area contributed by atoms with Gasteiger partial charge < -0.3 is 10.2 Å². The van der Waals surface area contributed by atoms with Gasteiger partial charge in [0.1, 0.15) is 0 Å². The molecule has 8 heteroatoms. The van der Waals surface area contributed by atoms with Crippen LogP contribution in [0.5, 0.6) is 0 Å². The molecule has 1 aromatic heterocycles. The van der Waals surface area contributed by atoms with Gasteiger partial charge in [0.25, 0.3) is 0 Å². The summed E-state index contributed by atoms with van der Waals surface area (Å²) in [5.41, 5.74) is 1.69. The van der Waals surface area contributed by atoms with Crippen molar-refractivity contribution < 1.29 is 9.59 Å². The number of terminal acetylenes is 1. The Morgan fingerprint density at radius 2 is 2.06 bits per heavy atom. The van der Waals surface area contributed by atoms with Gasteiger partial charge in [-0.2, -0.15) is 15.3 Å². The minimum absolute atomic E-state index is 0.00322. The summed E-state index contributed by atoms with van der Waals surface area (Å²) in [4.78, 5) is 26.6. The van der Waals surface area contributed by atoms with Gasteiger partial charge >= 0.3 is 0 Å². The highest BCUT2D eigenvalue weighted by molar-refractivity contribution is 5.80. The molecule has 0 radical (unpaired) electrons. The van der Waals surface area contributed by atoms with Crippen molar-refractivity contribution >= 4 is 11.8 Å². The first kappa shape index (κ1) is 21.8. The number of benzene rings is 1. The third kappa shape index (κ3) is 5.05. The number of rotatable bonds is 10. The topological polar surface area (TPSA) is 92.0 Å². The Morgan fingerprint density at radius 3 is 2.78 bits per heavy atom. The number of nitrogens with one attached hydrogen (secondary N) is 1. The normalized spacial score (nSPS) is 20.9. The van der Waals surface area contributed by atoms with Crippen LogP contribution in [0.15, 0.2) is 53.0 Å². The van der Waals surface area contributed by atoms with E-state index in [0.717, 1.165) is 11.1 Å². The van der Waals surface area contributed by atoms with Gasteiger partial charge in [-0.25, -0.2) is 0 Å². The average Bonchev–Trinajstić information content (AvgIpc) is 3.34. The average molecular weight is 433 g/mol. The van der Waals surface area contributed by atoms with E-state index < -0.39 is 5.66 Å². The fraction of sp³-hybridized carbons (Fsp3) is 0.458. The van der Waals surface area contributed by atoms with E-state index in [0.29, 0.717) is 45.2 Å². The van der Waals surface area contributed by atoms with Gasteiger partial charge in [-0.15, -0.1) is 12.3 Å². The SMILES string of the molecule is C#CCCC1(CCC(=O)NC[C@H]2CC(=O)N(C)[C@@H]2c2cnn(Cc3ccccc3)c2)N=N1. The molecule has 0 unspecified atom stereocenters. The van der Waals surface area contributed by atoms with E-state index in [1.165, 1.54) is 0 Å². The molecule has 0 bridgehead atoms. The zero-order valence-corrected chi connectivity index (χ0v) is 18.3. The number of hydrogen-bond acceptors (Lipinski definition) is 5. The van der Waals surface area contributed by atoms with Crippen LogP contribution >= 0.6 is 0 Å². The van der Waals surface area contributed by atoms with Gasteiger partial charge in [0.05, 0.1) is 18.8 Å². The van der Waals surface area contributed by atoms with Crippen LogP contribution in [0.1, 0.15) is 49.3 Å². The lowest BCUT2D eigenvalue weighted by Crippen LogP contribution is -2.33. The maximum atomic E-state index is 12.4. The number of likely N-dealkylation sites (tertiary alicyclic amines) is 1. The quantitative estimate of drug-likeness (QED) is 0.585. The van der Waals surface area contributed by atoms with Gasteiger partial charge in [-0.3, -0.25) is 14.3 Å². The van der Waals surface area contributed by atoms with Crippen molar-refractivity contribution in [1.29, 1.82) is 0 Å². The van der Waals surface area contributed by atoms with E-state index in [-0.39, 0.29) is 23.8 Å². The van der Waals surface area contributed by atoms with Gasteiger partial charge in [0, 0.05) is 63.4 Å². The summed E-state index contributed by atoms with van der Waals surface area (Å²) in [6.45, 7) is 1.11. The maximum Gasteiger partial charge on any atom is 0.223 e. The van der Waals surface area contributed by atoms with Crippen molar-refractivity contribution in [3.05, 3.63) is 53.9 Å². The van der Waals surface area contributed by atoms with Crippen molar-refractivity contribution in [3.63, 3.8) is 0 Å².